The van der Waals surface area contributed by atoms with E-state index in [-0.39, 0.29) is 17.3 Å². The number of hydrogen-bond donors (Lipinski definition) is 1. The molecule has 2 heterocycles. The highest BCUT2D eigenvalue weighted by Gasteiger charge is 2.26. The molecular formula is C21H22N4O5S. The van der Waals surface area contributed by atoms with E-state index in [9.17, 15) is 13.2 Å². The Morgan fingerprint density at radius 2 is 1.74 bits per heavy atom. The summed E-state index contributed by atoms with van der Waals surface area (Å²) in [6, 6.07) is 17.0. The molecule has 1 N–H and O–H groups in total. The van der Waals surface area contributed by atoms with Crippen molar-refractivity contribution in [2.75, 3.05) is 31.6 Å². The van der Waals surface area contributed by atoms with Gasteiger partial charge in [-0.25, -0.2) is 13.1 Å². The molecule has 1 aliphatic heterocycles. The van der Waals surface area contributed by atoms with Gasteiger partial charge in [-0.05, 0) is 42.5 Å². The molecule has 0 atom stereocenters. The molecule has 1 aromatic heterocycles. The van der Waals surface area contributed by atoms with Crippen molar-refractivity contribution in [2.45, 2.75) is 11.6 Å². The summed E-state index contributed by atoms with van der Waals surface area (Å²) in [7, 11) is -3.57. The number of benzene rings is 2. The molecule has 1 saturated heterocycles. The van der Waals surface area contributed by atoms with Gasteiger partial charge in [-0.1, -0.05) is 18.2 Å². The Bertz CT molecular complexity index is 1120. The molecule has 0 radical (unpaired) electrons. The summed E-state index contributed by atoms with van der Waals surface area (Å²) in [4.78, 5) is 12.6. The van der Waals surface area contributed by atoms with Crippen molar-refractivity contribution in [2.24, 2.45) is 0 Å². The van der Waals surface area contributed by atoms with E-state index in [1.54, 1.807) is 24.4 Å². The van der Waals surface area contributed by atoms with Crippen LogP contribution < -0.4 is 10.1 Å². The zero-order valence-electron chi connectivity index (χ0n) is 16.7. The number of hydrogen-bond acceptors (Lipinski definition) is 6. The van der Waals surface area contributed by atoms with Crippen LogP contribution in [0, 0.1) is 0 Å². The lowest BCUT2D eigenvalue weighted by Gasteiger charge is -2.26. The number of sulfonamides is 1. The Morgan fingerprint density at radius 1 is 1.03 bits per heavy atom. The van der Waals surface area contributed by atoms with Crippen LogP contribution in [-0.4, -0.2) is 54.7 Å². The summed E-state index contributed by atoms with van der Waals surface area (Å²) in [6.45, 7) is 1.60. The number of para-hydroxylation sites is 1. The quantitative estimate of drug-likeness (QED) is 0.602. The van der Waals surface area contributed by atoms with Crippen molar-refractivity contribution in [3.63, 3.8) is 0 Å². The lowest BCUT2D eigenvalue weighted by atomic mass is 10.3. The Morgan fingerprint density at radius 3 is 2.45 bits per heavy atom. The zero-order chi connectivity index (χ0) is 21.7. The van der Waals surface area contributed by atoms with E-state index in [0.29, 0.717) is 37.7 Å². The summed E-state index contributed by atoms with van der Waals surface area (Å²) in [6.07, 6.45) is 1.65. The third kappa shape index (κ3) is 5.10. The zero-order valence-corrected chi connectivity index (χ0v) is 17.5. The van der Waals surface area contributed by atoms with E-state index in [1.807, 2.05) is 30.3 Å². The standard InChI is InChI=1S/C21H22N4O5S/c26-21(20-10-11-24(23-20)16-30-18-4-2-1-3-5-18)22-17-6-8-19(9-7-17)31(27,28)25-12-14-29-15-13-25/h1-11H,12-16H2,(H,22,26). The summed E-state index contributed by atoms with van der Waals surface area (Å²) in [5, 5.41) is 6.92. The van der Waals surface area contributed by atoms with E-state index in [4.69, 9.17) is 9.47 Å². The number of carbonyl (C=O) groups excluding carboxylic acids is 1. The first-order chi connectivity index (χ1) is 15.0. The first-order valence-corrected chi connectivity index (χ1v) is 11.2. The van der Waals surface area contributed by atoms with Gasteiger partial charge in [0, 0.05) is 25.0 Å². The lowest BCUT2D eigenvalue weighted by molar-refractivity contribution is 0.0730. The molecule has 1 fully saturated rings. The predicted molar refractivity (Wildman–Crippen MR) is 113 cm³/mol. The van der Waals surface area contributed by atoms with Crippen molar-refractivity contribution >= 4 is 21.6 Å². The molecule has 2 aromatic carbocycles. The molecule has 10 heteroatoms. The van der Waals surface area contributed by atoms with Crippen LogP contribution >= 0.6 is 0 Å². The normalized spacial score (nSPS) is 14.8. The highest BCUT2D eigenvalue weighted by Crippen LogP contribution is 2.20. The Kier molecular flexibility index (Phi) is 6.31. The molecule has 1 aliphatic rings. The molecule has 0 saturated carbocycles. The molecular weight excluding hydrogens is 420 g/mol. The van der Waals surface area contributed by atoms with Crippen LogP contribution in [0.1, 0.15) is 10.5 Å². The first kappa shape index (κ1) is 21.0. The lowest BCUT2D eigenvalue weighted by Crippen LogP contribution is -2.40. The van der Waals surface area contributed by atoms with Crippen LogP contribution in [0.5, 0.6) is 5.75 Å². The highest BCUT2D eigenvalue weighted by molar-refractivity contribution is 7.89. The SMILES string of the molecule is O=C(Nc1ccc(S(=O)(=O)N2CCOCC2)cc1)c1ccn(COc2ccccc2)n1. The molecule has 1 amide bonds. The van der Waals surface area contributed by atoms with Crippen LogP contribution in [-0.2, 0) is 21.5 Å². The van der Waals surface area contributed by atoms with E-state index >= 15 is 0 Å². The molecule has 162 valence electrons. The second-order valence-corrected chi connectivity index (χ2v) is 8.76. The van der Waals surface area contributed by atoms with Crippen molar-refractivity contribution in [1.29, 1.82) is 0 Å². The molecule has 3 aromatic rings. The van der Waals surface area contributed by atoms with Crippen LogP contribution in [0.4, 0.5) is 5.69 Å². The molecule has 9 nitrogen and oxygen atoms in total. The van der Waals surface area contributed by atoms with Crippen molar-refractivity contribution in [3.8, 4) is 5.75 Å². The predicted octanol–water partition coefficient (Wildman–Crippen LogP) is 2.19. The average molecular weight is 442 g/mol. The van der Waals surface area contributed by atoms with E-state index in [0.717, 1.165) is 0 Å². The molecule has 0 bridgehead atoms. The summed E-state index contributed by atoms with van der Waals surface area (Å²) >= 11 is 0. The minimum Gasteiger partial charge on any atom is -0.471 e. The second kappa shape index (κ2) is 9.29. The number of rotatable bonds is 7. The third-order valence-corrected chi connectivity index (χ3v) is 6.61. The minimum absolute atomic E-state index is 0.172. The second-order valence-electron chi connectivity index (χ2n) is 6.82. The maximum atomic E-state index is 12.7. The van der Waals surface area contributed by atoms with Gasteiger partial charge in [0.2, 0.25) is 10.0 Å². The fourth-order valence-electron chi connectivity index (χ4n) is 3.05. The van der Waals surface area contributed by atoms with E-state index < -0.39 is 15.9 Å². The van der Waals surface area contributed by atoms with Crippen LogP contribution in [0.25, 0.3) is 0 Å². The van der Waals surface area contributed by atoms with Gasteiger partial charge in [0.1, 0.15) is 5.75 Å². The van der Waals surface area contributed by atoms with Gasteiger partial charge < -0.3 is 14.8 Å². The summed E-state index contributed by atoms with van der Waals surface area (Å²) in [5.41, 5.74) is 0.697. The number of nitrogens with one attached hydrogen (secondary N) is 1. The molecule has 0 spiro atoms. The molecule has 0 unspecified atom stereocenters. The van der Waals surface area contributed by atoms with Gasteiger partial charge in [-0.3, -0.25) is 4.79 Å². The number of anilines is 1. The summed E-state index contributed by atoms with van der Waals surface area (Å²) in [5.74, 6) is 0.304. The van der Waals surface area contributed by atoms with Crippen LogP contribution in [0.3, 0.4) is 0 Å². The number of amides is 1. The molecule has 0 aliphatic carbocycles. The maximum Gasteiger partial charge on any atom is 0.276 e. The van der Waals surface area contributed by atoms with Crippen LogP contribution in [0.15, 0.2) is 71.8 Å². The van der Waals surface area contributed by atoms with Gasteiger partial charge in [-0.2, -0.15) is 9.40 Å². The third-order valence-electron chi connectivity index (χ3n) is 4.70. The Hall–Kier alpha value is -3.21. The van der Waals surface area contributed by atoms with Crippen molar-refractivity contribution < 1.29 is 22.7 Å². The Balaban J connectivity index is 1.36. The van der Waals surface area contributed by atoms with Gasteiger partial charge in [0.15, 0.2) is 12.4 Å². The van der Waals surface area contributed by atoms with Gasteiger partial charge >= 0.3 is 0 Å². The average Bonchev–Trinajstić information content (AvgIpc) is 3.29. The minimum atomic E-state index is -3.57. The van der Waals surface area contributed by atoms with E-state index in [1.165, 1.54) is 21.1 Å². The topological polar surface area (TPSA) is 103 Å². The monoisotopic (exact) mass is 442 g/mol. The van der Waals surface area contributed by atoms with Gasteiger partial charge in [-0.15, -0.1) is 0 Å². The smallest absolute Gasteiger partial charge is 0.276 e. The summed E-state index contributed by atoms with van der Waals surface area (Å²) < 4.78 is 39.1. The number of aromatic nitrogens is 2. The molecule has 4 rings (SSSR count). The van der Waals surface area contributed by atoms with Gasteiger partial charge in [0.05, 0.1) is 18.1 Å². The number of morpholine rings is 1. The highest BCUT2D eigenvalue weighted by atomic mass is 32.2. The van der Waals surface area contributed by atoms with Crippen LogP contribution in [0.2, 0.25) is 0 Å². The number of ether oxygens (including phenoxy) is 2. The largest absolute Gasteiger partial charge is 0.471 e. The molecule has 31 heavy (non-hydrogen) atoms. The first-order valence-electron chi connectivity index (χ1n) is 9.73. The van der Waals surface area contributed by atoms with E-state index in [2.05, 4.69) is 10.4 Å². The van der Waals surface area contributed by atoms with Crippen molar-refractivity contribution in [1.82, 2.24) is 14.1 Å². The number of nitrogens with zero attached hydrogens (tertiary/aromatic N) is 3. The van der Waals surface area contributed by atoms with Gasteiger partial charge in [0.25, 0.3) is 5.91 Å². The number of carbonyl (C=O) groups is 1. The fraction of sp³-hybridized carbons (Fsp3) is 0.238. The Labute approximate surface area is 180 Å². The maximum absolute atomic E-state index is 12.7. The van der Waals surface area contributed by atoms with Crippen molar-refractivity contribution in [3.05, 3.63) is 72.6 Å². The fourth-order valence-corrected chi connectivity index (χ4v) is 4.46.